The average Bonchev–Trinajstić information content (AvgIpc) is 2.83. The van der Waals surface area contributed by atoms with Gasteiger partial charge in [0.2, 0.25) is 0 Å². The molecule has 0 aliphatic carbocycles. The van der Waals surface area contributed by atoms with Crippen LogP contribution in [-0.4, -0.2) is 30.3 Å². The van der Waals surface area contributed by atoms with Gasteiger partial charge in [-0.15, -0.1) is 0 Å². The Balaban J connectivity index is 1.66. The predicted molar refractivity (Wildman–Crippen MR) is 132 cm³/mol. The Bertz CT molecular complexity index is 1190. The van der Waals surface area contributed by atoms with Gasteiger partial charge in [0.05, 0.1) is 24.9 Å². The second-order valence-corrected chi connectivity index (χ2v) is 8.79. The lowest BCUT2D eigenvalue weighted by atomic mass is 9.77. The van der Waals surface area contributed by atoms with Gasteiger partial charge in [0, 0.05) is 29.9 Å². The van der Waals surface area contributed by atoms with Gasteiger partial charge in [-0.3, -0.25) is 14.8 Å². The van der Waals surface area contributed by atoms with Gasteiger partial charge in [0.15, 0.2) is 0 Å². The van der Waals surface area contributed by atoms with Crippen molar-refractivity contribution in [2.24, 2.45) is 4.99 Å². The maximum absolute atomic E-state index is 13.4. The van der Waals surface area contributed by atoms with Crippen LogP contribution in [0.15, 0.2) is 83.6 Å². The summed E-state index contributed by atoms with van der Waals surface area (Å²) < 4.78 is 5.22. The van der Waals surface area contributed by atoms with Gasteiger partial charge in [0.25, 0.3) is 5.91 Å². The summed E-state index contributed by atoms with van der Waals surface area (Å²) in [6, 6.07) is 18.0. The van der Waals surface area contributed by atoms with Crippen LogP contribution in [-0.2, 0) is 16.8 Å². The largest absolute Gasteiger partial charge is 0.497 e. The minimum Gasteiger partial charge on any atom is -0.497 e. The number of benzene rings is 2. The van der Waals surface area contributed by atoms with Crippen molar-refractivity contribution in [3.8, 4) is 5.75 Å². The number of pyridine rings is 1. The zero-order valence-electron chi connectivity index (χ0n) is 19.6. The molecular weight excluding hydrogens is 410 g/mol. The van der Waals surface area contributed by atoms with Gasteiger partial charge in [0.1, 0.15) is 5.75 Å². The third-order valence-corrected chi connectivity index (χ3v) is 5.96. The minimum absolute atomic E-state index is 0.149. The lowest BCUT2D eigenvalue weighted by Gasteiger charge is -2.31. The van der Waals surface area contributed by atoms with Crippen molar-refractivity contribution in [1.82, 2.24) is 10.3 Å². The summed E-state index contributed by atoms with van der Waals surface area (Å²) in [7, 11) is 1.64. The highest BCUT2D eigenvalue weighted by Crippen LogP contribution is 2.33. The molecule has 1 atom stereocenters. The minimum atomic E-state index is -0.380. The number of nitrogens with one attached hydrogen (secondary N) is 1. The molecule has 1 amide bonds. The maximum atomic E-state index is 13.4. The van der Waals surface area contributed by atoms with E-state index in [9.17, 15) is 4.79 Å². The summed E-state index contributed by atoms with van der Waals surface area (Å²) in [6.45, 7) is 7.32. The van der Waals surface area contributed by atoms with Crippen molar-refractivity contribution in [3.63, 3.8) is 0 Å². The second kappa shape index (κ2) is 9.41. The quantitative estimate of drug-likeness (QED) is 0.605. The number of aryl methyl sites for hydroxylation is 2. The molecule has 0 radical (unpaired) electrons. The Morgan fingerprint density at radius 3 is 2.45 bits per heavy atom. The molecule has 1 aromatic heterocycles. The number of aromatic nitrogens is 1. The van der Waals surface area contributed by atoms with E-state index in [1.807, 2.05) is 36.4 Å². The molecule has 5 nitrogen and oxygen atoms in total. The van der Waals surface area contributed by atoms with E-state index in [2.05, 4.69) is 55.3 Å². The Hall–Kier alpha value is -3.73. The molecule has 4 rings (SSSR count). The van der Waals surface area contributed by atoms with Crippen LogP contribution in [0.3, 0.4) is 0 Å². The lowest BCUT2D eigenvalue weighted by Crippen LogP contribution is -2.36. The molecule has 0 spiro atoms. The van der Waals surface area contributed by atoms with E-state index in [0.717, 1.165) is 22.4 Å². The van der Waals surface area contributed by atoms with Gasteiger partial charge < -0.3 is 10.1 Å². The molecule has 0 bridgehead atoms. The van der Waals surface area contributed by atoms with E-state index in [0.29, 0.717) is 24.4 Å². The van der Waals surface area contributed by atoms with Crippen LogP contribution in [0.5, 0.6) is 5.75 Å². The molecule has 0 fully saturated rings. The van der Waals surface area contributed by atoms with Crippen molar-refractivity contribution < 1.29 is 9.53 Å². The molecule has 1 aliphatic heterocycles. The Kier molecular flexibility index (Phi) is 6.40. The number of amides is 1. The molecular formula is C28H29N3O2. The first kappa shape index (κ1) is 22.5. The zero-order valence-corrected chi connectivity index (χ0v) is 19.6. The van der Waals surface area contributed by atoms with Crippen LogP contribution in [0.2, 0.25) is 0 Å². The highest BCUT2D eigenvalue weighted by molar-refractivity contribution is 6.28. The Labute approximate surface area is 195 Å². The Morgan fingerprint density at radius 1 is 1.09 bits per heavy atom. The number of nitrogens with zero attached hydrogens (tertiary/aromatic N) is 2. The summed E-state index contributed by atoms with van der Waals surface area (Å²) in [5, 5.41) is 3.07. The number of rotatable bonds is 6. The fourth-order valence-corrected chi connectivity index (χ4v) is 4.18. The van der Waals surface area contributed by atoms with Crippen molar-refractivity contribution in [3.05, 3.63) is 106 Å². The molecule has 2 heterocycles. The van der Waals surface area contributed by atoms with Crippen molar-refractivity contribution in [2.75, 3.05) is 13.7 Å². The lowest BCUT2D eigenvalue weighted by molar-refractivity contribution is -0.117. The van der Waals surface area contributed by atoms with Gasteiger partial charge in [-0.05, 0) is 49.2 Å². The van der Waals surface area contributed by atoms with Gasteiger partial charge >= 0.3 is 0 Å². The number of carbonyl (C=O) groups is 1. The van der Waals surface area contributed by atoms with E-state index in [-0.39, 0.29) is 11.3 Å². The highest BCUT2D eigenvalue weighted by atomic mass is 16.5. The number of aliphatic imine (C=N–C) groups is 1. The summed E-state index contributed by atoms with van der Waals surface area (Å²) in [4.78, 5) is 22.6. The van der Waals surface area contributed by atoms with Crippen molar-refractivity contribution >= 4 is 11.6 Å². The van der Waals surface area contributed by atoms with Crippen LogP contribution in [0.25, 0.3) is 0 Å². The standard InChI is InChI=1S/C28H29N3O2/c1-19-12-20(2)14-23(13-19)28(3)15-25(26(31-18-28)22-6-5-11-29-17-22)27(32)30-16-21-7-9-24(33-4)10-8-21/h5-15,17H,16,18H2,1-4H3,(H,30,32). The summed E-state index contributed by atoms with van der Waals surface area (Å²) in [5.41, 5.74) is 6.27. The molecule has 0 saturated heterocycles. The number of ether oxygens (including phenoxy) is 1. The van der Waals surface area contributed by atoms with E-state index in [1.54, 1.807) is 19.5 Å². The summed E-state index contributed by atoms with van der Waals surface area (Å²) in [6.07, 6.45) is 5.54. The number of methoxy groups -OCH3 is 1. The first-order valence-electron chi connectivity index (χ1n) is 11.1. The first-order valence-corrected chi connectivity index (χ1v) is 11.1. The normalized spacial score (nSPS) is 17.7. The number of hydrogen-bond acceptors (Lipinski definition) is 4. The number of carbonyl (C=O) groups excluding carboxylic acids is 1. The number of dihydropyridines is 1. The molecule has 33 heavy (non-hydrogen) atoms. The maximum Gasteiger partial charge on any atom is 0.253 e. The average molecular weight is 440 g/mol. The van der Waals surface area contributed by atoms with E-state index >= 15 is 0 Å². The monoisotopic (exact) mass is 439 g/mol. The topological polar surface area (TPSA) is 63.6 Å². The van der Waals surface area contributed by atoms with Crippen LogP contribution < -0.4 is 10.1 Å². The molecule has 1 unspecified atom stereocenters. The number of hydrogen-bond donors (Lipinski definition) is 1. The highest BCUT2D eigenvalue weighted by Gasteiger charge is 2.33. The van der Waals surface area contributed by atoms with Crippen LogP contribution in [0, 0.1) is 13.8 Å². The van der Waals surface area contributed by atoms with Crippen LogP contribution in [0.4, 0.5) is 0 Å². The molecule has 168 valence electrons. The fourth-order valence-electron chi connectivity index (χ4n) is 4.18. The third-order valence-electron chi connectivity index (χ3n) is 5.96. The SMILES string of the molecule is COc1ccc(CNC(=O)C2=CC(C)(c3cc(C)cc(C)c3)CN=C2c2cccnc2)cc1. The van der Waals surface area contributed by atoms with Gasteiger partial charge in [-0.1, -0.05) is 54.5 Å². The molecule has 1 aliphatic rings. The predicted octanol–water partition coefficient (Wildman–Crippen LogP) is 4.71. The Morgan fingerprint density at radius 2 is 1.82 bits per heavy atom. The van der Waals surface area contributed by atoms with Crippen LogP contribution in [0.1, 0.15) is 34.7 Å². The molecule has 0 saturated carbocycles. The summed E-state index contributed by atoms with van der Waals surface area (Å²) >= 11 is 0. The van der Waals surface area contributed by atoms with Gasteiger partial charge in [-0.25, -0.2) is 0 Å². The van der Waals surface area contributed by atoms with Crippen molar-refractivity contribution in [2.45, 2.75) is 32.7 Å². The van der Waals surface area contributed by atoms with Gasteiger partial charge in [-0.2, -0.15) is 0 Å². The summed E-state index contributed by atoms with van der Waals surface area (Å²) in [5.74, 6) is 0.638. The zero-order chi connectivity index (χ0) is 23.4. The van der Waals surface area contributed by atoms with Crippen molar-refractivity contribution in [1.29, 1.82) is 0 Å². The van der Waals surface area contributed by atoms with E-state index < -0.39 is 0 Å². The van der Waals surface area contributed by atoms with Crippen LogP contribution >= 0.6 is 0 Å². The molecule has 3 aromatic rings. The second-order valence-electron chi connectivity index (χ2n) is 8.79. The molecule has 5 heteroatoms. The smallest absolute Gasteiger partial charge is 0.253 e. The third kappa shape index (κ3) is 5.03. The van der Waals surface area contributed by atoms with E-state index in [1.165, 1.54) is 11.1 Å². The van der Waals surface area contributed by atoms with E-state index in [4.69, 9.17) is 9.73 Å². The molecule has 1 N–H and O–H groups in total. The first-order chi connectivity index (χ1) is 15.9. The molecule has 2 aromatic carbocycles. The fraction of sp³-hybridized carbons (Fsp3) is 0.250.